The molecule has 2 heteroatoms. The Labute approximate surface area is 119 Å². The first-order valence-corrected chi connectivity index (χ1v) is 8.22. The molecule has 0 aliphatic rings. The smallest absolute Gasteiger partial charge is 0.0334 e. The summed E-state index contributed by atoms with van der Waals surface area (Å²) in [5.74, 6) is 0. The highest BCUT2D eigenvalue weighted by Crippen LogP contribution is 2.11. The fourth-order valence-corrected chi connectivity index (χ4v) is 2.62. The van der Waals surface area contributed by atoms with Gasteiger partial charge < -0.3 is 10.3 Å². The van der Waals surface area contributed by atoms with E-state index in [4.69, 9.17) is 5.73 Å². The van der Waals surface area contributed by atoms with Gasteiger partial charge in [0.05, 0.1) is 0 Å². The van der Waals surface area contributed by atoms with Crippen molar-refractivity contribution < 1.29 is 0 Å². The van der Waals surface area contributed by atoms with E-state index in [9.17, 15) is 0 Å². The highest BCUT2D eigenvalue weighted by Gasteiger charge is 1.98. The van der Waals surface area contributed by atoms with Crippen LogP contribution in [-0.4, -0.2) is 4.57 Å². The number of hydrogen-bond donors (Lipinski definition) is 1. The van der Waals surface area contributed by atoms with E-state index in [0.29, 0.717) is 6.54 Å². The Hall–Kier alpha value is -0.760. The van der Waals surface area contributed by atoms with E-state index in [1.165, 1.54) is 69.9 Å². The third kappa shape index (κ3) is 7.41. The van der Waals surface area contributed by atoms with Crippen molar-refractivity contribution in [3.8, 4) is 0 Å². The Balaban J connectivity index is 1.89. The second kappa shape index (κ2) is 11.1. The van der Waals surface area contributed by atoms with E-state index in [0.717, 1.165) is 6.54 Å². The van der Waals surface area contributed by atoms with Crippen molar-refractivity contribution in [3.63, 3.8) is 0 Å². The summed E-state index contributed by atoms with van der Waals surface area (Å²) < 4.78 is 2.30. The summed E-state index contributed by atoms with van der Waals surface area (Å²) in [4.78, 5) is 0. The number of unbranched alkanes of at least 4 members (excludes halogenated alkanes) is 9. The van der Waals surface area contributed by atoms with Gasteiger partial charge >= 0.3 is 0 Å². The minimum Gasteiger partial charge on any atom is -0.350 e. The molecule has 1 aromatic heterocycles. The van der Waals surface area contributed by atoms with Gasteiger partial charge in [-0.2, -0.15) is 0 Å². The Morgan fingerprint density at radius 2 is 1.47 bits per heavy atom. The van der Waals surface area contributed by atoms with Gasteiger partial charge in [-0.3, -0.25) is 0 Å². The molecule has 0 bridgehead atoms. The summed E-state index contributed by atoms with van der Waals surface area (Å²) in [5, 5.41) is 0. The standard InChI is InChI=1S/C17H32N2/c1-2-3-4-5-6-7-8-9-10-11-14-19-15-12-13-17(19)16-18/h12-13,15H,2-11,14,16,18H2,1H3. The van der Waals surface area contributed by atoms with Gasteiger partial charge in [0.25, 0.3) is 0 Å². The van der Waals surface area contributed by atoms with Crippen LogP contribution >= 0.6 is 0 Å². The molecule has 1 rings (SSSR count). The second-order valence-corrected chi connectivity index (χ2v) is 5.58. The molecule has 0 aliphatic carbocycles. The van der Waals surface area contributed by atoms with Gasteiger partial charge in [0.15, 0.2) is 0 Å². The molecule has 1 aromatic rings. The normalized spacial score (nSPS) is 11.1. The highest BCUT2D eigenvalue weighted by atomic mass is 15.0. The predicted octanol–water partition coefficient (Wildman–Crippen LogP) is 4.87. The summed E-state index contributed by atoms with van der Waals surface area (Å²) in [6.07, 6.45) is 16.1. The van der Waals surface area contributed by atoms with E-state index < -0.39 is 0 Å². The number of aryl methyl sites for hydroxylation is 1. The molecule has 2 nitrogen and oxygen atoms in total. The average molecular weight is 264 g/mol. The number of hydrogen-bond acceptors (Lipinski definition) is 1. The van der Waals surface area contributed by atoms with Crippen molar-refractivity contribution in [2.45, 2.75) is 84.2 Å². The van der Waals surface area contributed by atoms with E-state index in [1.54, 1.807) is 0 Å². The van der Waals surface area contributed by atoms with Crippen LogP contribution in [0.15, 0.2) is 18.3 Å². The van der Waals surface area contributed by atoms with Crippen LogP contribution in [-0.2, 0) is 13.1 Å². The van der Waals surface area contributed by atoms with Crippen LogP contribution in [0.5, 0.6) is 0 Å². The molecular formula is C17H32N2. The van der Waals surface area contributed by atoms with E-state index >= 15 is 0 Å². The molecule has 110 valence electrons. The van der Waals surface area contributed by atoms with Crippen LogP contribution in [0.25, 0.3) is 0 Å². The summed E-state index contributed by atoms with van der Waals surface area (Å²) >= 11 is 0. The Morgan fingerprint density at radius 3 is 2.05 bits per heavy atom. The van der Waals surface area contributed by atoms with Crippen LogP contribution in [0.2, 0.25) is 0 Å². The summed E-state index contributed by atoms with van der Waals surface area (Å²) in [6.45, 7) is 4.07. The van der Waals surface area contributed by atoms with Crippen LogP contribution in [0.3, 0.4) is 0 Å². The topological polar surface area (TPSA) is 30.9 Å². The lowest BCUT2D eigenvalue weighted by Crippen LogP contribution is -2.06. The maximum absolute atomic E-state index is 5.69. The van der Waals surface area contributed by atoms with Crippen LogP contribution < -0.4 is 5.73 Å². The van der Waals surface area contributed by atoms with Gasteiger partial charge in [0, 0.05) is 25.0 Å². The van der Waals surface area contributed by atoms with Crippen LogP contribution in [0.4, 0.5) is 0 Å². The molecule has 0 atom stereocenters. The average Bonchev–Trinajstić information content (AvgIpc) is 2.88. The Bertz CT molecular complexity index is 304. The third-order valence-electron chi connectivity index (χ3n) is 3.89. The predicted molar refractivity (Wildman–Crippen MR) is 84.2 cm³/mol. The lowest BCUT2D eigenvalue weighted by atomic mass is 10.1. The number of nitrogens with zero attached hydrogens (tertiary/aromatic N) is 1. The van der Waals surface area contributed by atoms with Gasteiger partial charge in [-0.1, -0.05) is 64.7 Å². The van der Waals surface area contributed by atoms with Crippen molar-refractivity contribution in [1.82, 2.24) is 4.57 Å². The number of aromatic nitrogens is 1. The Kier molecular flexibility index (Phi) is 9.52. The van der Waals surface area contributed by atoms with Gasteiger partial charge in [-0.25, -0.2) is 0 Å². The lowest BCUT2D eigenvalue weighted by molar-refractivity contribution is 0.530. The molecule has 1 heterocycles. The quantitative estimate of drug-likeness (QED) is 0.537. The van der Waals surface area contributed by atoms with Gasteiger partial charge in [-0.05, 0) is 18.6 Å². The molecule has 0 saturated carbocycles. The van der Waals surface area contributed by atoms with Crippen LogP contribution in [0.1, 0.15) is 76.8 Å². The Morgan fingerprint density at radius 1 is 0.895 bits per heavy atom. The van der Waals surface area contributed by atoms with Crippen molar-refractivity contribution in [2.75, 3.05) is 0 Å². The molecule has 0 unspecified atom stereocenters. The first-order chi connectivity index (χ1) is 9.38. The first-order valence-electron chi connectivity index (χ1n) is 8.22. The van der Waals surface area contributed by atoms with E-state index in [2.05, 4.69) is 29.8 Å². The molecular weight excluding hydrogens is 232 g/mol. The van der Waals surface area contributed by atoms with Crippen molar-refractivity contribution in [2.24, 2.45) is 5.73 Å². The monoisotopic (exact) mass is 264 g/mol. The van der Waals surface area contributed by atoms with E-state index in [-0.39, 0.29) is 0 Å². The second-order valence-electron chi connectivity index (χ2n) is 5.58. The lowest BCUT2D eigenvalue weighted by Gasteiger charge is -2.07. The molecule has 0 fully saturated rings. The van der Waals surface area contributed by atoms with Crippen molar-refractivity contribution >= 4 is 0 Å². The molecule has 0 aliphatic heterocycles. The zero-order valence-corrected chi connectivity index (χ0v) is 12.7. The number of rotatable bonds is 12. The summed E-state index contributed by atoms with van der Waals surface area (Å²) in [7, 11) is 0. The van der Waals surface area contributed by atoms with Gasteiger partial charge in [0.1, 0.15) is 0 Å². The molecule has 0 radical (unpaired) electrons. The molecule has 0 amide bonds. The minimum atomic E-state index is 0.658. The van der Waals surface area contributed by atoms with Gasteiger partial charge in [0.2, 0.25) is 0 Å². The number of nitrogens with two attached hydrogens (primary N) is 1. The minimum absolute atomic E-state index is 0.658. The van der Waals surface area contributed by atoms with Crippen molar-refractivity contribution in [1.29, 1.82) is 0 Å². The molecule has 0 saturated heterocycles. The SMILES string of the molecule is CCCCCCCCCCCCn1cccc1CN. The largest absolute Gasteiger partial charge is 0.350 e. The maximum atomic E-state index is 5.69. The molecule has 19 heavy (non-hydrogen) atoms. The van der Waals surface area contributed by atoms with E-state index in [1.807, 2.05) is 0 Å². The zero-order chi connectivity index (χ0) is 13.8. The first kappa shape index (κ1) is 16.3. The molecule has 0 spiro atoms. The third-order valence-corrected chi connectivity index (χ3v) is 3.89. The summed E-state index contributed by atoms with van der Waals surface area (Å²) in [6, 6.07) is 4.22. The highest BCUT2D eigenvalue weighted by molar-refractivity contribution is 5.06. The van der Waals surface area contributed by atoms with Crippen molar-refractivity contribution in [3.05, 3.63) is 24.0 Å². The molecule has 2 N–H and O–H groups in total. The zero-order valence-electron chi connectivity index (χ0n) is 12.7. The fourth-order valence-electron chi connectivity index (χ4n) is 2.62. The van der Waals surface area contributed by atoms with Crippen LogP contribution in [0, 0.1) is 0 Å². The fraction of sp³-hybridized carbons (Fsp3) is 0.765. The maximum Gasteiger partial charge on any atom is 0.0334 e. The van der Waals surface area contributed by atoms with Gasteiger partial charge in [-0.15, -0.1) is 0 Å². The summed E-state index contributed by atoms with van der Waals surface area (Å²) in [5.41, 5.74) is 6.95. The molecule has 0 aromatic carbocycles.